The summed E-state index contributed by atoms with van der Waals surface area (Å²) < 4.78 is 4.99. The molecule has 1 heterocycles. The van der Waals surface area contributed by atoms with E-state index in [9.17, 15) is 4.79 Å². The maximum atomic E-state index is 11.7. The number of aromatic nitrogens is 1. The largest absolute Gasteiger partial charge is 0.461 e. The van der Waals surface area contributed by atoms with Crippen LogP contribution in [0.3, 0.4) is 0 Å². The van der Waals surface area contributed by atoms with Gasteiger partial charge < -0.3 is 4.74 Å². The third-order valence-corrected chi connectivity index (χ3v) is 3.85. The van der Waals surface area contributed by atoms with Gasteiger partial charge in [0.25, 0.3) is 0 Å². The number of allylic oxidation sites excluding steroid dienone is 6. The standard InChI is InChI=1S/C18H25NO2S/c1-5-8-10-15(12-11-14(4)9-6-2)17-19-16(13-22-17)18(20)21-7-3/h8,10-13H,5-7,9H2,1-4H3/b10-8-,14-11+,15-12+. The third-order valence-electron chi connectivity index (χ3n) is 2.96. The fourth-order valence-electron chi connectivity index (χ4n) is 1.86. The van der Waals surface area contributed by atoms with Gasteiger partial charge in [0.15, 0.2) is 5.69 Å². The first-order valence-electron chi connectivity index (χ1n) is 7.79. The molecular formula is C18H25NO2S. The Hall–Kier alpha value is -1.68. The van der Waals surface area contributed by atoms with Crippen molar-refractivity contribution in [3.8, 4) is 0 Å². The van der Waals surface area contributed by atoms with Gasteiger partial charge in [-0.15, -0.1) is 11.3 Å². The van der Waals surface area contributed by atoms with Crippen molar-refractivity contribution in [3.63, 3.8) is 0 Å². The highest BCUT2D eigenvalue weighted by atomic mass is 32.1. The van der Waals surface area contributed by atoms with E-state index in [4.69, 9.17) is 4.74 Å². The van der Waals surface area contributed by atoms with E-state index in [0.717, 1.165) is 29.8 Å². The number of carbonyl (C=O) groups is 1. The highest BCUT2D eigenvalue weighted by Crippen LogP contribution is 2.22. The molecule has 0 bridgehead atoms. The van der Waals surface area contributed by atoms with Crippen LogP contribution in [0.25, 0.3) is 5.57 Å². The molecule has 0 aliphatic rings. The van der Waals surface area contributed by atoms with E-state index < -0.39 is 0 Å². The van der Waals surface area contributed by atoms with Gasteiger partial charge in [0.2, 0.25) is 0 Å². The smallest absolute Gasteiger partial charge is 0.357 e. The number of hydrogen-bond acceptors (Lipinski definition) is 4. The van der Waals surface area contributed by atoms with Crippen LogP contribution in [0.4, 0.5) is 0 Å². The Kier molecular flexibility index (Phi) is 8.44. The molecule has 0 N–H and O–H groups in total. The van der Waals surface area contributed by atoms with Gasteiger partial charge in [0, 0.05) is 11.0 Å². The summed E-state index contributed by atoms with van der Waals surface area (Å²) in [5, 5.41) is 2.59. The van der Waals surface area contributed by atoms with Crippen LogP contribution in [0.5, 0.6) is 0 Å². The number of esters is 1. The molecule has 1 aromatic heterocycles. The highest BCUT2D eigenvalue weighted by molar-refractivity contribution is 7.11. The fraction of sp³-hybridized carbons (Fsp3) is 0.444. The lowest BCUT2D eigenvalue weighted by Gasteiger charge is -1.99. The van der Waals surface area contributed by atoms with Crippen molar-refractivity contribution in [2.24, 2.45) is 0 Å². The van der Waals surface area contributed by atoms with E-state index in [1.54, 1.807) is 12.3 Å². The summed E-state index contributed by atoms with van der Waals surface area (Å²) in [6.07, 6.45) is 11.6. The maximum absolute atomic E-state index is 11.7. The molecule has 0 aliphatic carbocycles. The molecule has 1 aromatic rings. The van der Waals surface area contributed by atoms with E-state index in [-0.39, 0.29) is 5.97 Å². The van der Waals surface area contributed by atoms with Crippen molar-refractivity contribution < 1.29 is 9.53 Å². The topological polar surface area (TPSA) is 39.2 Å². The molecule has 0 spiro atoms. The van der Waals surface area contributed by atoms with Gasteiger partial charge in [0.05, 0.1) is 6.61 Å². The Morgan fingerprint density at radius 3 is 2.73 bits per heavy atom. The van der Waals surface area contributed by atoms with Gasteiger partial charge in [-0.1, -0.05) is 50.1 Å². The van der Waals surface area contributed by atoms with Gasteiger partial charge in [-0.2, -0.15) is 0 Å². The van der Waals surface area contributed by atoms with Crippen LogP contribution in [0.1, 0.15) is 62.5 Å². The zero-order valence-corrected chi connectivity index (χ0v) is 14.7. The minimum absolute atomic E-state index is 0.360. The summed E-state index contributed by atoms with van der Waals surface area (Å²) in [7, 11) is 0. The van der Waals surface area contributed by atoms with E-state index in [0.29, 0.717) is 12.3 Å². The van der Waals surface area contributed by atoms with Gasteiger partial charge in [-0.05, 0) is 26.7 Å². The van der Waals surface area contributed by atoms with Gasteiger partial charge >= 0.3 is 5.97 Å². The molecule has 1 rings (SSSR count). The monoisotopic (exact) mass is 319 g/mol. The summed E-state index contributed by atoms with van der Waals surface area (Å²) in [6.45, 7) is 8.56. The number of rotatable bonds is 8. The van der Waals surface area contributed by atoms with Crippen LogP contribution in [0.2, 0.25) is 0 Å². The Morgan fingerprint density at radius 1 is 1.32 bits per heavy atom. The summed E-state index contributed by atoms with van der Waals surface area (Å²) in [6, 6.07) is 0. The van der Waals surface area contributed by atoms with Crippen LogP contribution in [-0.2, 0) is 4.74 Å². The Labute approximate surface area is 137 Å². The second-order valence-electron chi connectivity index (χ2n) is 4.95. The van der Waals surface area contributed by atoms with Crippen LogP contribution in [0.15, 0.2) is 35.3 Å². The molecule has 0 radical (unpaired) electrons. The lowest BCUT2D eigenvalue weighted by atomic mass is 10.1. The minimum Gasteiger partial charge on any atom is -0.461 e. The average molecular weight is 319 g/mol. The van der Waals surface area contributed by atoms with Gasteiger partial charge in [0.1, 0.15) is 5.01 Å². The third kappa shape index (κ3) is 5.98. The number of nitrogens with zero attached hydrogens (tertiary/aromatic N) is 1. The van der Waals surface area contributed by atoms with Crippen LogP contribution < -0.4 is 0 Å². The van der Waals surface area contributed by atoms with Crippen LogP contribution >= 0.6 is 11.3 Å². The first-order chi connectivity index (χ1) is 10.6. The second kappa shape index (κ2) is 10.1. The van der Waals surface area contributed by atoms with Crippen LogP contribution in [0, 0.1) is 0 Å². The predicted octanol–water partition coefficient (Wildman–Crippen LogP) is 5.42. The van der Waals surface area contributed by atoms with Gasteiger partial charge in [-0.25, -0.2) is 9.78 Å². The lowest BCUT2D eigenvalue weighted by molar-refractivity contribution is 0.0520. The average Bonchev–Trinajstić information content (AvgIpc) is 2.98. The van der Waals surface area contributed by atoms with E-state index in [1.165, 1.54) is 16.9 Å². The quantitative estimate of drug-likeness (QED) is 0.474. The number of thiazole rings is 1. The minimum atomic E-state index is -0.360. The molecule has 0 fully saturated rings. The van der Waals surface area contributed by atoms with Crippen molar-refractivity contribution in [3.05, 3.63) is 46.0 Å². The molecule has 4 heteroatoms. The van der Waals surface area contributed by atoms with Crippen molar-refractivity contribution in [1.29, 1.82) is 0 Å². The Balaban J connectivity index is 3.02. The second-order valence-corrected chi connectivity index (χ2v) is 5.81. The molecule has 0 aliphatic heterocycles. The summed E-state index contributed by atoms with van der Waals surface area (Å²) >= 11 is 1.47. The summed E-state index contributed by atoms with van der Waals surface area (Å²) in [5.74, 6) is -0.360. The SMILES string of the molecule is CC\C=C/C(=C\C=C(/C)CCC)c1nc(C(=O)OCC)cs1. The molecule has 120 valence electrons. The van der Waals surface area contributed by atoms with Crippen molar-refractivity contribution >= 4 is 22.9 Å². The Bertz CT molecular complexity index is 567. The predicted molar refractivity (Wildman–Crippen MR) is 94.1 cm³/mol. The normalized spacial score (nSPS) is 12.9. The van der Waals surface area contributed by atoms with Crippen molar-refractivity contribution in [2.75, 3.05) is 6.61 Å². The van der Waals surface area contributed by atoms with E-state index in [1.807, 2.05) is 0 Å². The Morgan fingerprint density at radius 2 is 2.09 bits per heavy atom. The van der Waals surface area contributed by atoms with Crippen molar-refractivity contribution in [2.45, 2.75) is 47.0 Å². The van der Waals surface area contributed by atoms with E-state index in [2.05, 4.69) is 50.1 Å². The van der Waals surface area contributed by atoms with Crippen LogP contribution in [-0.4, -0.2) is 17.6 Å². The first-order valence-corrected chi connectivity index (χ1v) is 8.67. The highest BCUT2D eigenvalue weighted by Gasteiger charge is 2.12. The van der Waals surface area contributed by atoms with Gasteiger partial charge in [-0.3, -0.25) is 0 Å². The number of hydrogen-bond donors (Lipinski definition) is 0. The molecule has 0 unspecified atom stereocenters. The van der Waals surface area contributed by atoms with E-state index >= 15 is 0 Å². The lowest BCUT2D eigenvalue weighted by Crippen LogP contribution is -2.04. The fourth-order valence-corrected chi connectivity index (χ4v) is 2.65. The molecule has 22 heavy (non-hydrogen) atoms. The number of carbonyl (C=O) groups excluding carboxylic acids is 1. The molecule has 0 aromatic carbocycles. The van der Waals surface area contributed by atoms with Crippen molar-refractivity contribution in [1.82, 2.24) is 4.98 Å². The molecule has 0 saturated carbocycles. The number of ether oxygens (including phenoxy) is 1. The molecule has 0 atom stereocenters. The molecule has 0 amide bonds. The molecule has 0 saturated heterocycles. The summed E-state index contributed by atoms with van der Waals surface area (Å²) in [4.78, 5) is 16.1. The zero-order valence-electron chi connectivity index (χ0n) is 13.9. The molecular weight excluding hydrogens is 294 g/mol. The first kappa shape index (κ1) is 18.4. The maximum Gasteiger partial charge on any atom is 0.357 e. The summed E-state index contributed by atoms with van der Waals surface area (Å²) in [5.41, 5.74) is 2.75. The molecule has 3 nitrogen and oxygen atoms in total. The zero-order chi connectivity index (χ0) is 16.4.